The summed E-state index contributed by atoms with van der Waals surface area (Å²) in [6.07, 6.45) is 1.70. The highest BCUT2D eigenvalue weighted by Gasteiger charge is 2.14. The Morgan fingerprint density at radius 2 is 1.83 bits per heavy atom. The Hall–Kier alpha value is -2.48. The molecule has 2 aromatic carbocycles. The van der Waals surface area contributed by atoms with Crippen LogP contribution in [-0.4, -0.2) is 0 Å². The fourth-order valence-corrected chi connectivity index (χ4v) is 2.81. The summed E-state index contributed by atoms with van der Waals surface area (Å²) in [7, 11) is 1.97. The van der Waals surface area contributed by atoms with Crippen molar-refractivity contribution in [1.29, 1.82) is 0 Å². The van der Waals surface area contributed by atoms with E-state index in [0.29, 0.717) is 0 Å². The van der Waals surface area contributed by atoms with Crippen molar-refractivity contribution in [3.05, 3.63) is 77.7 Å². The molecule has 0 bridgehead atoms. The Balaban J connectivity index is 2.00. The summed E-state index contributed by atoms with van der Waals surface area (Å²) in [5, 5.41) is 0. The van der Waals surface area contributed by atoms with E-state index in [0.717, 1.165) is 22.4 Å². The van der Waals surface area contributed by atoms with E-state index in [4.69, 9.17) is 4.11 Å². The highest BCUT2D eigenvalue weighted by Crippen LogP contribution is 2.25. The Morgan fingerprint density at radius 3 is 2.57 bits per heavy atom. The van der Waals surface area contributed by atoms with Gasteiger partial charge < -0.3 is 0 Å². The number of aromatic nitrogens is 1. The van der Waals surface area contributed by atoms with Crippen LogP contribution < -0.4 is 4.57 Å². The number of halogens is 1. The third kappa shape index (κ3) is 3.02. The number of nitrogens with zero attached hydrogens (tertiary/aromatic N) is 1. The molecule has 0 atom stereocenters. The normalized spacial score (nSPS) is 13.3. The van der Waals surface area contributed by atoms with Crippen LogP contribution in [-0.2, 0) is 13.5 Å². The van der Waals surface area contributed by atoms with Crippen molar-refractivity contribution in [1.82, 2.24) is 0 Å². The van der Waals surface area contributed by atoms with Gasteiger partial charge in [0.25, 0.3) is 0 Å². The number of aryl methyl sites for hydroxylation is 3. The second-order valence-electron chi connectivity index (χ2n) is 5.71. The minimum absolute atomic E-state index is 0.216. The molecule has 1 heterocycles. The van der Waals surface area contributed by atoms with Gasteiger partial charge in [-0.3, -0.25) is 0 Å². The molecular weight excluding hydrogens is 285 g/mol. The summed E-state index contributed by atoms with van der Waals surface area (Å²) in [6.45, 7) is -0.122. The Morgan fingerprint density at radius 1 is 1.04 bits per heavy atom. The van der Waals surface area contributed by atoms with Gasteiger partial charge in [-0.05, 0) is 54.3 Å². The van der Waals surface area contributed by atoms with Gasteiger partial charge in [-0.1, -0.05) is 31.1 Å². The van der Waals surface area contributed by atoms with E-state index in [1.54, 1.807) is 12.1 Å². The van der Waals surface area contributed by atoms with Crippen molar-refractivity contribution >= 4 is 0 Å². The number of hydrogen-bond acceptors (Lipinski definition) is 0. The zero-order valence-electron chi connectivity index (χ0n) is 16.3. The summed E-state index contributed by atoms with van der Waals surface area (Å²) in [5.74, 6) is -0.481. The van der Waals surface area contributed by atoms with Crippen LogP contribution in [0.25, 0.3) is 22.4 Å². The predicted octanol–water partition coefficient (Wildman–Crippen LogP) is 4.86. The van der Waals surface area contributed by atoms with Crippen LogP contribution in [0.5, 0.6) is 0 Å². The molecule has 2 heteroatoms. The lowest BCUT2D eigenvalue weighted by atomic mass is 10.0. The van der Waals surface area contributed by atoms with E-state index in [1.807, 2.05) is 42.1 Å². The lowest BCUT2D eigenvalue weighted by Gasteiger charge is -2.07. The molecule has 0 saturated carbocycles. The van der Waals surface area contributed by atoms with Gasteiger partial charge in [0.2, 0.25) is 5.69 Å². The quantitative estimate of drug-likeness (QED) is 0.609. The second kappa shape index (κ2) is 6.33. The maximum Gasteiger partial charge on any atom is 0.212 e. The predicted molar refractivity (Wildman–Crippen MR) is 92.6 cm³/mol. The standard InChI is InChI=1S/C21H21FN/c1-4-16-13-17(9-11-20(16)22)18-10-12-21(23(3)14-18)19-8-6-5-7-15(19)2/h5-14H,4H2,1-3H3/q+1/i1D3. The van der Waals surface area contributed by atoms with Gasteiger partial charge >= 0.3 is 0 Å². The molecule has 1 aromatic heterocycles. The van der Waals surface area contributed by atoms with E-state index in [1.165, 1.54) is 11.6 Å². The van der Waals surface area contributed by atoms with Crippen molar-refractivity contribution in [3.8, 4) is 22.4 Å². The monoisotopic (exact) mass is 309 g/mol. The van der Waals surface area contributed by atoms with Gasteiger partial charge in [0.1, 0.15) is 12.9 Å². The fraction of sp³-hybridized carbons (Fsp3) is 0.190. The molecule has 0 radical (unpaired) electrons. The van der Waals surface area contributed by atoms with Crippen LogP contribution >= 0.6 is 0 Å². The molecule has 0 unspecified atom stereocenters. The summed E-state index contributed by atoms with van der Waals surface area (Å²) in [5.41, 5.74) is 5.36. The van der Waals surface area contributed by atoms with Gasteiger partial charge in [0.15, 0.2) is 6.20 Å². The Kier molecular flexibility index (Phi) is 3.30. The third-order valence-corrected chi connectivity index (χ3v) is 4.12. The molecule has 0 N–H and O–H groups in total. The van der Waals surface area contributed by atoms with Crippen molar-refractivity contribution in [3.63, 3.8) is 0 Å². The molecule has 0 aliphatic carbocycles. The largest absolute Gasteiger partial charge is 0.212 e. The molecule has 116 valence electrons. The third-order valence-electron chi connectivity index (χ3n) is 4.12. The van der Waals surface area contributed by atoms with Crippen LogP contribution in [0.2, 0.25) is 0 Å². The van der Waals surface area contributed by atoms with Gasteiger partial charge in [0.05, 0.1) is 0 Å². The first-order valence-electron chi connectivity index (χ1n) is 9.09. The van der Waals surface area contributed by atoms with Crippen LogP contribution in [0.3, 0.4) is 0 Å². The average molecular weight is 309 g/mol. The molecule has 0 amide bonds. The number of rotatable bonds is 3. The van der Waals surface area contributed by atoms with Crippen LogP contribution in [0.15, 0.2) is 60.8 Å². The minimum Gasteiger partial charge on any atom is -0.207 e. The molecule has 0 aliphatic heterocycles. The number of hydrogen-bond donors (Lipinski definition) is 0. The second-order valence-corrected chi connectivity index (χ2v) is 5.71. The van der Waals surface area contributed by atoms with E-state index in [-0.39, 0.29) is 12.0 Å². The maximum absolute atomic E-state index is 14.0. The van der Waals surface area contributed by atoms with Crippen LogP contribution in [0.4, 0.5) is 4.39 Å². The zero-order chi connectivity index (χ0) is 18.9. The first kappa shape index (κ1) is 12.0. The molecule has 0 saturated heterocycles. The van der Waals surface area contributed by atoms with Crippen molar-refractivity contribution < 1.29 is 13.1 Å². The van der Waals surface area contributed by atoms with Crippen molar-refractivity contribution in [2.24, 2.45) is 7.05 Å². The van der Waals surface area contributed by atoms with Gasteiger partial charge in [0, 0.05) is 21.3 Å². The van der Waals surface area contributed by atoms with Crippen LogP contribution in [0, 0.1) is 12.7 Å². The lowest BCUT2D eigenvalue weighted by Crippen LogP contribution is -2.30. The molecule has 23 heavy (non-hydrogen) atoms. The molecule has 3 aromatic rings. The van der Waals surface area contributed by atoms with Gasteiger partial charge in [-0.2, -0.15) is 0 Å². The summed E-state index contributed by atoms with van der Waals surface area (Å²) in [6, 6.07) is 16.8. The first-order valence-corrected chi connectivity index (χ1v) is 7.59. The number of benzene rings is 2. The molecular formula is C21H21FN+. The Labute approximate surface area is 141 Å². The van der Waals surface area contributed by atoms with Gasteiger partial charge in [-0.25, -0.2) is 8.96 Å². The Bertz CT molecular complexity index is 948. The summed E-state index contributed by atoms with van der Waals surface area (Å²) in [4.78, 5) is 0. The minimum atomic E-state index is -2.20. The van der Waals surface area contributed by atoms with Crippen molar-refractivity contribution in [2.75, 3.05) is 0 Å². The maximum atomic E-state index is 14.0. The number of pyridine rings is 1. The van der Waals surface area contributed by atoms with E-state index >= 15 is 0 Å². The highest BCUT2D eigenvalue weighted by molar-refractivity contribution is 5.66. The van der Waals surface area contributed by atoms with Crippen LogP contribution in [0.1, 0.15) is 22.1 Å². The fourth-order valence-electron chi connectivity index (χ4n) is 2.81. The summed E-state index contributed by atoms with van der Waals surface area (Å²) < 4.78 is 38.1. The topological polar surface area (TPSA) is 3.88 Å². The first-order chi connectivity index (χ1) is 12.2. The average Bonchev–Trinajstić information content (AvgIpc) is 2.56. The smallest absolute Gasteiger partial charge is 0.207 e. The zero-order valence-corrected chi connectivity index (χ0v) is 13.3. The molecule has 0 fully saturated rings. The van der Waals surface area contributed by atoms with Gasteiger partial charge in [-0.15, -0.1) is 0 Å². The SMILES string of the molecule is [2H]C([2H])([2H])Cc1cc(-c2ccc(-c3ccccc3C)[n+](C)c2)ccc1F. The molecule has 0 aliphatic rings. The van der Waals surface area contributed by atoms with Crippen molar-refractivity contribution in [2.45, 2.75) is 20.2 Å². The molecule has 1 nitrogen and oxygen atoms in total. The molecule has 0 spiro atoms. The summed E-state index contributed by atoms with van der Waals surface area (Å²) >= 11 is 0. The highest BCUT2D eigenvalue weighted by atomic mass is 19.1. The lowest BCUT2D eigenvalue weighted by molar-refractivity contribution is -0.659. The molecule has 3 rings (SSSR count). The van der Waals surface area contributed by atoms with E-state index in [9.17, 15) is 4.39 Å². The van der Waals surface area contributed by atoms with E-state index < -0.39 is 12.7 Å². The van der Waals surface area contributed by atoms with E-state index in [2.05, 4.69) is 19.1 Å².